The number of carbonyl (C=O) groups excluding carboxylic acids is 1. The lowest BCUT2D eigenvalue weighted by atomic mass is 9.89. The van der Waals surface area contributed by atoms with Gasteiger partial charge in [-0.3, -0.25) is 0 Å². The van der Waals surface area contributed by atoms with Gasteiger partial charge in [-0.2, -0.15) is 0 Å². The molecule has 2 N–H and O–H groups in total. The Morgan fingerprint density at radius 3 is 2.27 bits per heavy atom. The first kappa shape index (κ1) is 19.9. The zero-order chi connectivity index (χ0) is 19.0. The number of rotatable bonds is 3. The van der Waals surface area contributed by atoms with Crippen molar-refractivity contribution in [3.8, 4) is 0 Å². The summed E-state index contributed by atoms with van der Waals surface area (Å²) in [5.41, 5.74) is 0.611. The van der Waals surface area contributed by atoms with E-state index in [-0.39, 0.29) is 18.5 Å². The summed E-state index contributed by atoms with van der Waals surface area (Å²) in [4.78, 5) is 23.1. The molecule has 1 amide bonds. The maximum Gasteiger partial charge on any atom is 0.408 e. The molecule has 0 aromatic heterocycles. The van der Waals surface area contributed by atoms with Gasteiger partial charge in [-0.05, 0) is 18.1 Å². The number of hydrogen-bond donors (Lipinski definition) is 2. The summed E-state index contributed by atoms with van der Waals surface area (Å²) in [6, 6.07) is 19.4. The second-order valence-electron chi connectivity index (χ2n) is 6.35. The van der Waals surface area contributed by atoms with Crippen LogP contribution in [-0.4, -0.2) is 35.0 Å². The number of nitrogens with one attached hydrogen (secondary N) is 1. The van der Waals surface area contributed by atoms with Gasteiger partial charge in [0.1, 0.15) is 0 Å². The molecule has 3 atom stereocenters. The number of carboxylic acids is 1. The van der Waals surface area contributed by atoms with E-state index in [1.165, 1.54) is 5.56 Å². The quantitative estimate of drug-likeness (QED) is 0.809. The maximum atomic E-state index is 11.6. The van der Waals surface area contributed by atoms with Crippen LogP contribution in [0.15, 0.2) is 60.7 Å². The Kier molecular flexibility index (Phi) is 7.16. The minimum Gasteiger partial charge on any atom is -0.478 e. The van der Waals surface area contributed by atoms with E-state index in [1.807, 2.05) is 48.5 Å². The number of aryl methyl sites for hydroxylation is 1. The zero-order valence-corrected chi connectivity index (χ0v) is 15.9. The van der Waals surface area contributed by atoms with E-state index < -0.39 is 17.7 Å². The molecule has 0 bridgehead atoms. The average Bonchev–Trinajstić information content (AvgIpc) is 2.76. The molecule has 26 heavy (non-hydrogen) atoms. The Bertz CT molecular complexity index is 723. The molecule has 1 aliphatic rings. The second kappa shape index (κ2) is 9.35. The Morgan fingerprint density at radius 2 is 1.77 bits per heavy atom. The lowest BCUT2D eigenvalue weighted by Crippen LogP contribution is -2.46. The maximum absolute atomic E-state index is 11.6. The molecule has 0 radical (unpaired) electrons. The molecular formula is C20H24NO4P. The molecule has 2 aromatic rings. The van der Waals surface area contributed by atoms with Gasteiger partial charge in [0.2, 0.25) is 5.60 Å². The number of carboxylic acid groups (broad SMARTS) is 1. The minimum absolute atomic E-state index is 0.0359. The molecule has 5 nitrogen and oxygen atoms in total. The molecule has 3 unspecified atom stereocenters. The fourth-order valence-electron chi connectivity index (χ4n) is 2.74. The highest BCUT2D eigenvalue weighted by molar-refractivity contribution is 7.17. The van der Waals surface area contributed by atoms with Crippen molar-refractivity contribution in [2.45, 2.75) is 31.0 Å². The molecule has 1 saturated heterocycles. The van der Waals surface area contributed by atoms with Gasteiger partial charge in [0, 0.05) is 19.4 Å². The van der Waals surface area contributed by atoms with Gasteiger partial charge >= 0.3 is 12.1 Å². The van der Waals surface area contributed by atoms with Gasteiger partial charge < -0.3 is 15.2 Å². The highest BCUT2D eigenvalue weighted by Gasteiger charge is 2.45. The van der Waals surface area contributed by atoms with E-state index in [9.17, 15) is 14.7 Å². The van der Waals surface area contributed by atoms with E-state index in [0.29, 0.717) is 6.54 Å². The van der Waals surface area contributed by atoms with Crippen molar-refractivity contribution < 1.29 is 19.4 Å². The van der Waals surface area contributed by atoms with Gasteiger partial charge in [0.05, 0.1) is 0 Å². The van der Waals surface area contributed by atoms with Crippen molar-refractivity contribution in [3.05, 3.63) is 71.8 Å². The molecule has 2 aromatic carbocycles. The lowest BCUT2D eigenvalue weighted by Gasteiger charge is -2.28. The van der Waals surface area contributed by atoms with E-state index in [1.54, 1.807) is 0 Å². The molecule has 1 aliphatic heterocycles. The van der Waals surface area contributed by atoms with E-state index >= 15 is 0 Å². The van der Waals surface area contributed by atoms with E-state index in [2.05, 4.69) is 33.6 Å². The summed E-state index contributed by atoms with van der Waals surface area (Å²) < 4.78 is 5.17. The molecule has 1 heterocycles. The first-order valence-corrected chi connectivity index (χ1v) is 9.09. The highest BCUT2D eigenvalue weighted by Crippen LogP contribution is 2.29. The molecule has 138 valence electrons. The van der Waals surface area contributed by atoms with Crippen molar-refractivity contribution >= 4 is 21.3 Å². The van der Waals surface area contributed by atoms with Crippen molar-refractivity contribution in [2.24, 2.45) is 0 Å². The van der Waals surface area contributed by atoms with Crippen LogP contribution in [0.1, 0.15) is 17.5 Å². The second-order valence-corrected chi connectivity index (χ2v) is 7.29. The van der Waals surface area contributed by atoms with Crippen LogP contribution in [0.3, 0.4) is 0 Å². The standard InChI is InChI=1S/C13H16NO4P.C7H8/c15-11(16)13(6-9-4-2-1-3-5-9)7-10(19)8-14-12(17)18-13;1-7-5-3-2-4-6-7/h1-5,10H,6-8,19H2,(H,14,17)(H,15,16);2-6H,1H3. The average molecular weight is 373 g/mol. The van der Waals surface area contributed by atoms with Crippen LogP contribution in [0.2, 0.25) is 0 Å². The monoisotopic (exact) mass is 373 g/mol. The first-order valence-electron chi connectivity index (χ1n) is 8.43. The number of hydrogen-bond acceptors (Lipinski definition) is 3. The molecule has 0 saturated carbocycles. The van der Waals surface area contributed by atoms with Crippen molar-refractivity contribution in [2.75, 3.05) is 6.54 Å². The summed E-state index contributed by atoms with van der Waals surface area (Å²) in [5.74, 6) is -1.11. The summed E-state index contributed by atoms with van der Waals surface area (Å²) in [5, 5.41) is 12.0. The van der Waals surface area contributed by atoms with Crippen LogP contribution in [0.4, 0.5) is 4.79 Å². The van der Waals surface area contributed by atoms with Crippen LogP contribution < -0.4 is 5.32 Å². The third-order valence-electron chi connectivity index (χ3n) is 4.05. The number of cyclic esters (lactones) is 1. The predicted molar refractivity (Wildman–Crippen MR) is 104 cm³/mol. The van der Waals surface area contributed by atoms with Crippen molar-refractivity contribution in [1.82, 2.24) is 5.32 Å². The number of benzene rings is 2. The van der Waals surface area contributed by atoms with E-state index in [0.717, 1.165) is 5.56 Å². The highest BCUT2D eigenvalue weighted by atomic mass is 31.0. The van der Waals surface area contributed by atoms with Crippen LogP contribution in [0.5, 0.6) is 0 Å². The number of amides is 1. The normalized spacial score (nSPS) is 22.1. The number of aliphatic carboxylic acids is 1. The smallest absolute Gasteiger partial charge is 0.408 e. The largest absolute Gasteiger partial charge is 0.478 e. The number of alkyl carbamates (subject to hydrolysis) is 1. The molecule has 1 fully saturated rings. The third-order valence-corrected chi connectivity index (χ3v) is 4.52. The summed E-state index contributed by atoms with van der Waals surface area (Å²) >= 11 is 0. The summed E-state index contributed by atoms with van der Waals surface area (Å²) in [7, 11) is 2.55. The molecule has 0 aliphatic carbocycles. The Hall–Kier alpha value is -2.39. The van der Waals surface area contributed by atoms with Crippen LogP contribution in [-0.2, 0) is 16.0 Å². The minimum atomic E-state index is -1.51. The molecular weight excluding hydrogens is 349 g/mol. The molecule has 3 rings (SSSR count). The van der Waals surface area contributed by atoms with Gasteiger partial charge in [-0.1, -0.05) is 66.2 Å². The number of carbonyl (C=O) groups is 2. The van der Waals surface area contributed by atoms with Gasteiger partial charge in [-0.15, -0.1) is 9.24 Å². The van der Waals surface area contributed by atoms with Crippen LogP contribution in [0.25, 0.3) is 0 Å². The molecule has 6 heteroatoms. The fraction of sp³-hybridized carbons (Fsp3) is 0.300. The Labute approximate surface area is 156 Å². The fourth-order valence-corrected chi connectivity index (χ4v) is 3.24. The zero-order valence-electron chi connectivity index (χ0n) is 14.7. The lowest BCUT2D eigenvalue weighted by molar-refractivity contribution is -0.158. The Morgan fingerprint density at radius 1 is 1.19 bits per heavy atom. The predicted octanol–water partition coefficient (Wildman–Crippen LogP) is 3.42. The topological polar surface area (TPSA) is 75.6 Å². The Balaban J connectivity index is 0.000000290. The van der Waals surface area contributed by atoms with Gasteiger partial charge in [0.25, 0.3) is 0 Å². The molecule has 0 spiro atoms. The SMILES string of the molecule is Cc1ccccc1.O=C1NCC(P)CC(Cc2ccccc2)(C(=O)O)O1. The van der Waals surface area contributed by atoms with Crippen LogP contribution >= 0.6 is 9.24 Å². The van der Waals surface area contributed by atoms with Crippen molar-refractivity contribution in [3.63, 3.8) is 0 Å². The van der Waals surface area contributed by atoms with E-state index in [4.69, 9.17) is 4.74 Å². The summed E-state index contributed by atoms with van der Waals surface area (Å²) in [6.45, 7) is 2.48. The van der Waals surface area contributed by atoms with Gasteiger partial charge in [-0.25, -0.2) is 9.59 Å². The van der Waals surface area contributed by atoms with Crippen LogP contribution in [0, 0.1) is 6.92 Å². The van der Waals surface area contributed by atoms with Crippen molar-refractivity contribution in [1.29, 1.82) is 0 Å². The third kappa shape index (κ3) is 5.85. The van der Waals surface area contributed by atoms with Gasteiger partial charge in [0.15, 0.2) is 0 Å². The summed E-state index contributed by atoms with van der Waals surface area (Å²) in [6.07, 6.45) is -0.245. The number of ether oxygens (including phenoxy) is 1. The first-order chi connectivity index (χ1) is 12.4.